The van der Waals surface area contributed by atoms with Gasteiger partial charge in [-0.05, 0) is 0 Å². The number of aliphatic hydroxyl groups excluding tert-OH is 4. The molecule has 176 valence electrons. The van der Waals surface area contributed by atoms with Crippen molar-refractivity contribution >= 4 is 0 Å². The summed E-state index contributed by atoms with van der Waals surface area (Å²) >= 11 is 0. The second kappa shape index (κ2) is 37.9. The Hall–Kier alpha value is 0.180. The van der Waals surface area contributed by atoms with Gasteiger partial charge in [0.25, 0.3) is 0 Å². The Labute approximate surface area is 179 Å². The van der Waals surface area contributed by atoms with Crippen molar-refractivity contribution in [1.82, 2.24) is 0 Å². The topological polar surface area (TPSA) is 136 Å². The molecule has 0 aliphatic rings. The highest BCUT2D eigenvalue weighted by molar-refractivity contribution is 4.34. The van der Waals surface area contributed by atoms with Crippen molar-refractivity contribution in [2.75, 3.05) is 106 Å². The minimum Gasteiger partial charge on any atom is -1.00 e. The molecule has 0 amide bonds. The maximum atomic E-state index is 8.36. The lowest BCUT2D eigenvalue weighted by Gasteiger charge is -2.04. The van der Waals surface area contributed by atoms with E-state index in [0.29, 0.717) is 79.3 Å². The SMILES string of the molecule is OCCOCCOCCOCCO.OCCOCCOCCOCCO.[Cl-].[Cl-]. The van der Waals surface area contributed by atoms with Gasteiger partial charge in [0.1, 0.15) is 0 Å². The molecule has 0 radical (unpaired) electrons. The van der Waals surface area contributed by atoms with E-state index in [2.05, 4.69) is 0 Å². The van der Waals surface area contributed by atoms with Crippen LogP contribution in [0.15, 0.2) is 0 Å². The summed E-state index contributed by atoms with van der Waals surface area (Å²) in [4.78, 5) is 0. The maximum Gasteiger partial charge on any atom is 0.0701 e. The molecule has 10 nitrogen and oxygen atoms in total. The molecular formula is C16H36Cl2O10-2. The molecule has 0 heterocycles. The van der Waals surface area contributed by atoms with Gasteiger partial charge in [0.15, 0.2) is 0 Å². The number of halogens is 2. The molecule has 0 aliphatic heterocycles. The third kappa shape index (κ3) is 40.8. The fraction of sp³-hybridized carbons (Fsp3) is 1.00. The summed E-state index contributed by atoms with van der Waals surface area (Å²) in [5, 5.41) is 33.4. The molecule has 0 aromatic rings. The number of rotatable bonds is 20. The van der Waals surface area contributed by atoms with E-state index in [1.54, 1.807) is 0 Å². The number of ether oxygens (including phenoxy) is 6. The van der Waals surface area contributed by atoms with Gasteiger partial charge in [0.2, 0.25) is 0 Å². The van der Waals surface area contributed by atoms with Crippen molar-refractivity contribution in [1.29, 1.82) is 0 Å². The van der Waals surface area contributed by atoms with Crippen molar-refractivity contribution in [2.24, 2.45) is 0 Å². The average Bonchev–Trinajstić information content (AvgIpc) is 2.66. The van der Waals surface area contributed by atoms with E-state index in [1.165, 1.54) is 0 Å². The molecule has 0 bridgehead atoms. The van der Waals surface area contributed by atoms with E-state index in [0.717, 1.165) is 0 Å². The van der Waals surface area contributed by atoms with E-state index in [-0.39, 0.29) is 51.2 Å². The molecule has 28 heavy (non-hydrogen) atoms. The summed E-state index contributed by atoms with van der Waals surface area (Å²) in [6, 6.07) is 0. The van der Waals surface area contributed by atoms with E-state index in [4.69, 9.17) is 48.8 Å². The molecule has 12 heteroatoms. The van der Waals surface area contributed by atoms with E-state index in [1.807, 2.05) is 0 Å². The monoisotopic (exact) mass is 458 g/mol. The van der Waals surface area contributed by atoms with E-state index in [9.17, 15) is 0 Å². The minimum absolute atomic E-state index is 0. The molecule has 0 saturated carbocycles. The summed E-state index contributed by atoms with van der Waals surface area (Å²) in [5.41, 5.74) is 0. The first-order valence-electron chi connectivity index (χ1n) is 8.73. The van der Waals surface area contributed by atoms with Gasteiger partial charge in [0.05, 0.1) is 106 Å². The van der Waals surface area contributed by atoms with Crippen LogP contribution in [-0.2, 0) is 28.4 Å². The van der Waals surface area contributed by atoms with Crippen LogP contribution in [0.1, 0.15) is 0 Å². The zero-order valence-corrected chi connectivity index (χ0v) is 17.8. The molecule has 4 N–H and O–H groups in total. The highest BCUT2D eigenvalue weighted by Crippen LogP contribution is 1.81. The first kappa shape index (κ1) is 35.6. The predicted molar refractivity (Wildman–Crippen MR) is 93.3 cm³/mol. The molecule has 0 rings (SSSR count). The summed E-state index contributed by atoms with van der Waals surface area (Å²) in [7, 11) is 0. The normalized spacial score (nSPS) is 9.86. The largest absolute Gasteiger partial charge is 1.00 e. The first-order valence-corrected chi connectivity index (χ1v) is 8.73. The van der Waals surface area contributed by atoms with Crippen LogP contribution in [0, 0.1) is 0 Å². The molecule has 0 spiro atoms. The van der Waals surface area contributed by atoms with Gasteiger partial charge in [-0.1, -0.05) is 0 Å². The van der Waals surface area contributed by atoms with Crippen molar-refractivity contribution in [3.63, 3.8) is 0 Å². The van der Waals surface area contributed by atoms with Crippen LogP contribution in [0.25, 0.3) is 0 Å². The van der Waals surface area contributed by atoms with Crippen LogP contribution in [0.4, 0.5) is 0 Å². The van der Waals surface area contributed by atoms with Gasteiger partial charge in [0, 0.05) is 0 Å². The second-order valence-electron chi connectivity index (χ2n) is 4.57. The molecule has 0 aromatic carbocycles. The lowest BCUT2D eigenvalue weighted by molar-refractivity contribution is -0.001000. The highest BCUT2D eigenvalue weighted by Gasteiger charge is 1.91. The second-order valence-corrected chi connectivity index (χ2v) is 4.57. The van der Waals surface area contributed by atoms with Crippen molar-refractivity contribution in [3.05, 3.63) is 0 Å². The predicted octanol–water partition coefficient (Wildman–Crippen LogP) is -7.95. The van der Waals surface area contributed by atoms with Gasteiger partial charge < -0.3 is 73.7 Å². The third-order valence-electron chi connectivity index (χ3n) is 2.43. The van der Waals surface area contributed by atoms with Crippen molar-refractivity contribution < 1.29 is 73.7 Å². The third-order valence-corrected chi connectivity index (χ3v) is 2.43. The highest BCUT2D eigenvalue weighted by atomic mass is 35.5. The van der Waals surface area contributed by atoms with E-state index < -0.39 is 0 Å². The number of hydrogen-bond acceptors (Lipinski definition) is 10. The number of hydrogen-bond donors (Lipinski definition) is 4. The zero-order valence-electron chi connectivity index (χ0n) is 16.3. The van der Waals surface area contributed by atoms with Crippen molar-refractivity contribution in [2.45, 2.75) is 0 Å². The quantitative estimate of drug-likeness (QED) is 0.130. The van der Waals surface area contributed by atoms with Gasteiger partial charge >= 0.3 is 0 Å². The van der Waals surface area contributed by atoms with Gasteiger partial charge in [-0.25, -0.2) is 0 Å². The Morgan fingerprint density at radius 3 is 0.571 bits per heavy atom. The van der Waals surface area contributed by atoms with E-state index >= 15 is 0 Å². The Kier molecular flexibility index (Phi) is 48.2. The smallest absolute Gasteiger partial charge is 0.0701 e. The summed E-state index contributed by atoms with van der Waals surface area (Å²) in [6.07, 6.45) is 0. The molecule has 0 saturated heterocycles. The van der Waals surface area contributed by atoms with Crippen LogP contribution in [-0.4, -0.2) is 126 Å². The fourth-order valence-corrected chi connectivity index (χ4v) is 1.34. The molecule has 0 unspecified atom stereocenters. The minimum atomic E-state index is 0. The maximum absolute atomic E-state index is 8.36. The van der Waals surface area contributed by atoms with Gasteiger partial charge in [-0.2, -0.15) is 0 Å². The molecule has 0 aromatic heterocycles. The van der Waals surface area contributed by atoms with Crippen LogP contribution in [0.5, 0.6) is 0 Å². The van der Waals surface area contributed by atoms with Crippen molar-refractivity contribution in [3.8, 4) is 0 Å². The summed E-state index contributed by atoms with van der Waals surface area (Å²) < 4.78 is 30.0. The van der Waals surface area contributed by atoms with Crippen LogP contribution in [0.2, 0.25) is 0 Å². The molecular weight excluding hydrogens is 423 g/mol. The van der Waals surface area contributed by atoms with Gasteiger partial charge in [-0.3, -0.25) is 0 Å². The van der Waals surface area contributed by atoms with Crippen LogP contribution < -0.4 is 24.8 Å². The van der Waals surface area contributed by atoms with Crippen LogP contribution >= 0.6 is 0 Å². The average molecular weight is 459 g/mol. The Morgan fingerprint density at radius 1 is 0.286 bits per heavy atom. The Bertz CT molecular complexity index is 190. The van der Waals surface area contributed by atoms with Gasteiger partial charge in [-0.15, -0.1) is 0 Å². The molecule has 0 atom stereocenters. The Morgan fingerprint density at radius 2 is 0.429 bits per heavy atom. The fourth-order valence-electron chi connectivity index (χ4n) is 1.34. The molecule has 0 fully saturated rings. The number of aliphatic hydroxyl groups is 4. The molecule has 0 aliphatic carbocycles. The summed E-state index contributed by atoms with van der Waals surface area (Å²) in [5.74, 6) is 0. The first-order chi connectivity index (χ1) is 12.8. The Balaban J connectivity index is -0.000000192. The lowest BCUT2D eigenvalue weighted by Crippen LogP contribution is -3.00. The summed E-state index contributed by atoms with van der Waals surface area (Å²) in [6.45, 7) is 5.53. The lowest BCUT2D eigenvalue weighted by atomic mass is 10.7. The van der Waals surface area contributed by atoms with Crippen LogP contribution in [0.3, 0.4) is 0 Å². The zero-order chi connectivity index (χ0) is 19.6. The standard InChI is InChI=1S/2C8H18O5.2ClH/c2*9-1-3-11-5-7-13-8-6-12-4-2-10;;/h2*9-10H,1-8H2;2*1H/p-2.